The molecule has 8 aromatic carbocycles. The van der Waals surface area contributed by atoms with Crippen LogP contribution in [0.4, 0.5) is 0 Å². The Morgan fingerprint density at radius 2 is 0.966 bits per heavy atom. The Kier molecular flexibility index (Phi) is 7.16. The van der Waals surface area contributed by atoms with E-state index in [9.17, 15) is 0 Å². The van der Waals surface area contributed by atoms with Crippen molar-refractivity contribution in [3.05, 3.63) is 200 Å². The van der Waals surface area contributed by atoms with Crippen molar-refractivity contribution in [1.82, 2.24) is 24.1 Å². The molecular formula is C53H33N5. The summed E-state index contributed by atoms with van der Waals surface area (Å²) in [4.78, 5) is 15.2. The van der Waals surface area contributed by atoms with E-state index in [0.717, 1.165) is 50.1 Å². The third-order valence-electron chi connectivity index (χ3n) is 11.6. The molecule has 0 saturated carbocycles. The van der Waals surface area contributed by atoms with Gasteiger partial charge < -0.3 is 4.57 Å². The minimum absolute atomic E-state index is 0.643. The van der Waals surface area contributed by atoms with Gasteiger partial charge in [-0.2, -0.15) is 0 Å². The predicted molar refractivity (Wildman–Crippen MR) is 240 cm³/mol. The zero-order chi connectivity index (χ0) is 38.2. The molecule has 0 aliphatic rings. The summed E-state index contributed by atoms with van der Waals surface area (Å²) in [6, 6.07) is 69.0. The van der Waals surface area contributed by atoms with Gasteiger partial charge in [0, 0.05) is 49.9 Å². The van der Waals surface area contributed by atoms with E-state index in [1.165, 1.54) is 54.5 Å². The van der Waals surface area contributed by atoms with Gasteiger partial charge in [-0.3, -0.25) is 9.55 Å². The Hall–Kier alpha value is -7.89. The fourth-order valence-electron chi connectivity index (χ4n) is 8.91. The Morgan fingerprint density at radius 3 is 1.78 bits per heavy atom. The molecule has 5 heteroatoms. The number of pyridine rings is 1. The molecule has 270 valence electrons. The quantitative estimate of drug-likeness (QED) is 0.177. The largest absolute Gasteiger partial charge is 0.309 e. The van der Waals surface area contributed by atoms with Crippen LogP contribution < -0.4 is 0 Å². The van der Waals surface area contributed by atoms with E-state index < -0.39 is 0 Å². The van der Waals surface area contributed by atoms with Gasteiger partial charge in [0.15, 0.2) is 0 Å². The Bertz CT molecular complexity index is 3550. The van der Waals surface area contributed by atoms with Crippen molar-refractivity contribution in [2.45, 2.75) is 0 Å². The molecule has 0 aliphatic carbocycles. The van der Waals surface area contributed by atoms with Crippen LogP contribution in [0.3, 0.4) is 0 Å². The number of aromatic nitrogens is 5. The summed E-state index contributed by atoms with van der Waals surface area (Å²) in [5.74, 6) is 0.643. The lowest BCUT2D eigenvalue weighted by molar-refractivity contribution is 1.01. The lowest BCUT2D eigenvalue weighted by Gasteiger charge is -2.12. The van der Waals surface area contributed by atoms with Gasteiger partial charge in [0.2, 0.25) is 5.95 Å². The minimum Gasteiger partial charge on any atom is -0.309 e. The van der Waals surface area contributed by atoms with Crippen molar-refractivity contribution < 1.29 is 0 Å². The molecule has 0 atom stereocenters. The van der Waals surface area contributed by atoms with Crippen LogP contribution in [0.1, 0.15) is 0 Å². The molecule has 0 bridgehead atoms. The normalized spacial score (nSPS) is 11.8. The van der Waals surface area contributed by atoms with Gasteiger partial charge in [0.1, 0.15) is 0 Å². The molecule has 0 fully saturated rings. The molecular weight excluding hydrogens is 707 g/mol. The summed E-state index contributed by atoms with van der Waals surface area (Å²) in [5, 5.41) is 8.23. The minimum atomic E-state index is 0.643. The van der Waals surface area contributed by atoms with Crippen LogP contribution in [-0.2, 0) is 0 Å². The zero-order valence-corrected chi connectivity index (χ0v) is 31.3. The molecule has 0 spiro atoms. The lowest BCUT2D eigenvalue weighted by Crippen LogP contribution is -2.03. The van der Waals surface area contributed by atoms with Crippen molar-refractivity contribution in [3.63, 3.8) is 0 Å². The second-order valence-corrected chi connectivity index (χ2v) is 14.8. The van der Waals surface area contributed by atoms with E-state index in [1.807, 2.05) is 30.5 Å². The molecule has 0 N–H and O–H groups in total. The van der Waals surface area contributed by atoms with Crippen molar-refractivity contribution in [1.29, 1.82) is 0 Å². The molecule has 0 radical (unpaired) electrons. The smallest absolute Gasteiger partial charge is 0.235 e. The van der Waals surface area contributed by atoms with Crippen LogP contribution in [0.5, 0.6) is 0 Å². The first-order chi connectivity index (χ1) is 28.8. The monoisotopic (exact) mass is 739 g/mol. The average molecular weight is 740 g/mol. The van der Waals surface area contributed by atoms with Gasteiger partial charge in [-0.05, 0) is 88.6 Å². The molecule has 5 nitrogen and oxygen atoms in total. The number of rotatable bonds is 5. The van der Waals surface area contributed by atoms with Crippen LogP contribution in [-0.4, -0.2) is 24.1 Å². The number of nitrogens with zero attached hydrogens (tertiary/aromatic N) is 5. The highest BCUT2D eigenvalue weighted by Gasteiger charge is 2.20. The lowest BCUT2D eigenvalue weighted by atomic mass is 9.97. The second-order valence-electron chi connectivity index (χ2n) is 14.8. The van der Waals surface area contributed by atoms with Crippen molar-refractivity contribution in [2.24, 2.45) is 0 Å². The summed E-state index contributed by atoms with van der Waals surface area (Å²) in [6.07, 6.45) is 1.83. The van der Waals surface area contributed by atoms with E-state index in [4.69, 9.17) is 9.97 Å². The van der Waals surface area contributed by atoms with E-state index in [2.05, 4.69) is 184 Å². The van der Waals surface area contributed by atoms with Crippen LogP contribution in [0.25, 0.3) is 111 Å². The number of hydrogen-bond acceptors (Lipinski definition) is 3. The molecule has 4 heterocycles. The maximum atomic E-state index is 5.37. The average Bonchev–Trinajstić information content (AvgIpc) is 3.82. The van der Waals surface area contributed by atoms with Gasteiger partial charge in [-0.1, -0.05) is 127 Å². The second kappa shape index (κ2) is 12.8. The highest BCUT2D eigenvalue weighted by atomic mass is 15.2. The maximum absolute atomic E-state index is 5.37. The number of benzene rings is 8. The van der Waals surface area contributed by atoms with Crippen LogP contribution in [0.2, 0.25) is 0 Å². The highest BCUT2D eigenvalue weighted by molar-refractivity contribution is 6.22. The van der Waals surface area contributed by atoms with E-state index in [1.54, 1.807) is 0 Å². The van der Waals surface area contributed by atoms with Crippen LogP contribution in [0.15, 0.2) is 200 Å². The summed E-state index contributed by atoms with van der Waals surface area (Å²) < 4.78 is 4.60. The summed E-state index contributed by atoms with van der Waals surface area (Å²) in [6.45, 7) is 0. The molecule has 0 aliphatic heterocycles. The molecule has 0 unspecified atom stereocenters. The van der Waals surface area contributed by atoms with E-state index in [-0.39, 0.29) is 0 Å². The zero-order valence-electron chi connectivity index (χ0n) is 31.3. The summed E-state index contributed by atoms with van der Waals surface area (Å²) in [7, 11) is 0. The molecule has 12 rings (SSSR count). The van der Waals surface area contributed by atoms with Crippen molar-refractivity contribution in [2.75, 3.05) is 0 Å². The van der Waals surface area contributed by atoms with Crippen molar-refractivity contribution >= 4 is 65.3 Å². The summed E-state index contributed by atoms with van der Waals surface area (Å²) >= 11 is 0. The van der Waals surface area contributed by atoms with Gasteiger partial charge in [0.05, 0.1) is 39.0 Å². The van der Waals surface area contributed by atoms with Gasteiger partial charge in [-0.25, -0.2) is 9.97 Å². The Balaban J connectivity index is 1.04. The molecule has 0 saturated heterocycles. The standard InChI is InChI=1S/C53H33N5/c1-2-12-39(13-3-1)57-47-19-8-5-14-40(47)44-33-38(28-29-49(44)57)37-26-21-34-27-30-50-51(43(34)32-37)42-16-6-9-20-48(42)58(50)53-55-46-18-7-4-15-41(46)52(56-53)36-24-22-35(23-25-36)45-17-10-11-31-54-45/h1-33H. The fourth-order valence-corrected chi connectivity index (χ4v) is 8.91. The molecule has 0 amide bonds. The first-order valence-corrected chi connectivity index (χ1v) is 19.6. The van der Waals surface area contributed by atoms with Gasteiger partial charge in [-0.15, -0.1) is 0 Å². The molecule has 12 aromatic rings. The SMILES string of the molecule is c1ccc(-n2c3ccccc3c3cc(-c4ccc5ccc6c(c5c4)c4ccccc4n6-c4nc(-c5ccc(-c6ccccn6)cc5)c5ccccc5n4)ccc32)cc1. The first kappa shape index (κ1) is 32.4. The Labute approximate surface area is 333 Å². The predicted octanol–water partition coefficient (Wildman–Crippen LogP) is 13.4. The Morgan fingerprint density at radius 1 is 0.362 bits per heavy atom. The van der Waals surface area contributed by atoms with E-state index >= 15 is 0 Å². The topological polar surface area (TPSA) is 48.5 Å². The number of fused-ring (bicyclic) bond motifs is 9. The highest BCUT2D eigenvalue weighted by Crippen LogP contribution is 2.40. The summed E-state index contributed by atoms with van der Waals surface area (Å²) in [5.41, 5.74) is 12.9. The fraction of sp³-hybridized carbons (Fsp3) is 0. The maximum Gasteiger partial charge on any atom is 0.235 e. The van der Waals surface area contributed by atoms with Crippen LogP contribution >= 0.6 is 0 Å². The third kappa shape index (κ3) is 5.00. The van der Waals surface area contributed by atoms with Gasteiger partial charge in [0.25, 0.3) is 0 Å². The van der Waals surface area contributed by atoms with Crippen molar-refractivity contribution in [3.8, 4) is 45.3 Å². The first-order valence-electron chi connectivity index (χ1n) is 19.6. The number of para-hydroxylation sites is 4. The molecule has 4 aromatic heterocycles. The van der Waals surface area contributed by atoms with E-state index in [0.29, 0.717) is 5.95 Å². The van der Waals surface area contributed by atoms with Crippen LogP contribution in [0, 0.1) is 0 Å². The number of hydrogen-bond donors (Lipinski definition) is 0. The van der Waals surface area contributed by atoms with Gasteiger partial charge >= 0.3 is 0 Å². The third-order valence-corrected chi connectivity index (χ3v) is 11.6. The molecule has 58 heavy (non-hydrogen) atoms.